The Bertz CT molecular complexity index is 523. The van der Waals surface area contributed by atoms with E-state index in [1.807, 2.05) is 6.07 Å². The fourth-order valence-corrected chi connectivity index (χ4v) is 1.99. The van der Waals surface area contributed by atoms with Crippen molar-refractivity contribution in [3.8, 4) is 0 Å². The van der Waals surface area contributed by atoms with Crippen LogP contribution < -0.4 is 5.32 Å². The maximum atomic E-state index is 11.7. The highest BCUT2D eigenvalue weighted by Crippen LogP contribution is 2.32. The number of carbonyl (C=O) groups excluding carboxylic acids is 1. The van der Waals surface area contributed by atoms with Gasteiger partial charge in [0.25, 0.3) is 0 Å². The van der Waals surface area contributed by atoms with Crippen molar-refractivity contribution in [2.24, 2.45) is 5.92 Å². The molecule has 0 heterocycles. The van der Waals surface area contributed by atoms with Crippen LogP contribution in [-0.4, -0.2) is 23.0 Å². The Kier molecular flexibility index (Phi) is 4.22. The molecule has 1 saturated carbocycles. The van der Waals surface area contributed by atoms with Crippen molar-refractivity contribution in [2.75, 3.05) is 0 Å². The van der Waals surface area contributed by atoms with E-state index < -0.39 is 17.9 Å². The van der Waals surface area contributed by atoms with Gasteiger partial charge in [-0.25, -0.2) is 4.79 Å². The zero-order valence-electron chi connectivity index (χ0n) is 10.2. The zero-order chi connectivity index (χ0) is 13.8. The molecule has 0 saturated heterocycles. The summed E-state index contributed by atoms with van der Waals surface area (Å²) in [6, 6.07) is 6.28. The van der Waals surface area contributed by atoms with Crippen molar-refractivity contribution in [1.29, 1.82) is 0 Å². The van der Waals surface area contributed by atoms with Gasteiger partial charge in [-0.05, 0) is 42.5 Å². The lowest BCUT2D eigenvalue weighted by atomic mass is 10.2. The fourth-order valence-electron chi connectivity index (χ4n) is 1.79. The first-order valence-corrected chi connectivity index (χ1v) is 6.41. The van der Waals surface area contributed by atoms with Gasteiger partial charge in [0, 0.05) is 11.1 Å². The van der Waals surface area contributed by atoms with E-state index in [2.05, 4.69) is 5.32 Å². The highest BCUT2D eigenvalue weighted by atomic mass is 35.5. The molecule has 4 nitrogen and oxygen atoms in total. The number of rotatable bonds is 5. The van der Waals surface area contributed by atoms with E-state index in [0.717, 1.165) is 18.4 Å². The molecule has 0 bridgehead atoms. The summed E-state index contributed by atoms with van der Waals surface area (Å²) in [5.74, 6) is -1.31. The summed E-state index contributed by atoms with van der Waals surface area (Å²) in [7, 11) is 0. The molecule has 1 aromatic rings. The van der Waals surface area contributed by atoms with Crippen LogP contribution in [0.25, 0.3) is 6.08 Å². The third-order valence-corrected chi connectivity index (χ3v) is 3.17. The molecule has 1 aliphatic carbocycles. The summed E-state index contributed by atoms with van der Waals surface area (Å²) in [6.45, 7) is 0. The van der Waals surface area contributed by atoms with Gasteiger partial charge < -0.3 is 10.4 Å². The van der Waals surface area contributed by atoms with Gasteiger partial charge in [-0.15, -0.1) is 0 Å². The van der Waals surface area contributed by atoms with E-state index in [-0.39, 0.29) is 5.92 Å². The first-order valence-electron chi connectivity index (χ1n) is 6.03. The van der Waals surface area contributed by atoms with E-state index in [1.165, 1.54) is 6.08 Å². The quantitative estimate of drug-likeness (QED) is 0.813. The van der Waals surface area contributed by atoms with E-state index in [4.69, 9.17) is 16.7 Å². The molecule has 1 amide bonds. The average molecular weight is 280 g/mol. The van der Waals surface area contributed by atoms with Crippen molar-refractivity contribution in [3.63, 3.8) is 0 Å². The summed E-state index contributed by atoms with van der Waals surface area (Å²) < 4.78 is 0. The number of hydrogen-bond donors (Lipinski definition) is 2. The van der Waals surface area contributed by atoms with Crippen molar-refractivity contribution < 1.29 is 14.7 Å². The monoisotopic (exact) mass is 279 g/mol. The highest BCUT2D eigenvalue weighted by molar-refractivity contribution is 6.30. The number of carbonyl (C=O) groups is 2. The van der Waals surface area contributed by atoms with Crippen molar-refractivity contribution in [2.45, 2.75) is 18.9 Å². The van der Waals surface area contributed by atoms with Gasteiger partial charge in [0.05, 0.1) is 0 Å². The van der Waals surface area contributed by atoms with E-state index in [1.54, 1.807) is 24.3 Å². The van der Waals surface area contributed by atoms with E-state index >= 15 is 0 Å². The normalized spacial score (nSPS) is 16.3. The summed E-state index contributed by atoms with van der Waals surface area (Å²) in [5.41, 5.74) is 0.793. The van der Waals surface area contributed by atoms with Crippen molar-refractivity contribution in [3.05, 3.63) is 40.9 Å². The van der Waals surface area contributed by atoms with Gasteiger partial charge in [0.15, 0.2) is 0 Å². The predicted molar refractivity (Wildman–Crippen MR) is 72.8 cm³/mol. The number of carboxylic acids is 1. The molecule has 1 aliphatic rings. The Hall–Kier alpha value is -1.81. The Balaban J connectivity index is 1.95. The number of nitrogens with one attached hydrogen (secondary N) is 1. The van der Waals surface area contributed by atoms with Crippen LogP contribution in [0, 0.1) is 5.92 Å². The number of amides is 1. The van der Waals surface area contributed by atoms with Crippen LogP contribution in [0.4, 0.5) is 0 Å². The SMILES string of the molecule is O=C(/C=C/c1cccc(Cl)c1)NC(C(=O)O)C1CC1. The molecule has 0 aromatic heterocycles. The molecule has 1 atom stereocenters. The molecule has 1 unspecified atom stereocenters. The lowest BCUT2D eigenvalue weighted by molar-refractivity contribution is -0.141. The Labute approximate surface area is 116 Å². The number of carboxylic acid groups (broad SMARTS) is 1. The maximum absolute atomic E-state index is 11.7. The second-order valence-corrected chi connectivity index (χ2v) is 4.99. The Morgan fingerprint density at radius 1 is 1.42 bits per heavy atom. The van der Waals surface area contributed by atoms with Crippen LogP contribution in [0.15, 0.2) is 30.3 Å². The first kappa shape index (κ1) is 13.6. The van der Waals surface area contributed by atoms with Crippen LogP contribution in [0.2, 0.25) is 5.02 Å². The predicted octanol–water partition coefficient (Wildman–Crippen LogP) is 2.33. The number of hydrogen-bond acceptors (Lipinski definition) is 2. The van der Waals surface area contributed by atoms with Crippen LogP contribution in [0.5, 0.6) is 0 Å². The molecule has 100 valence electrons. The third-order valence-electron chi connectivity index (χ3n) is 2.93. The lowest BCUT2D eigenvalue weighted by Crippen LogP contribution is -2.41. The topological polar surface area (TPSA) is 66.4 Å². The van der Waals surface area contributed by atoms with Gasteiger partial charge in [-0.2, -0.15) is 0 Å². The molecule has 1 aromatic carbocycles. The standard InChI is InChI=1S/C14H14ClNO3/c15-11-3-1-2-9(8-11)4-7-12(17)16-13(14(18)19)10-5-6-10/h1-4,7-8,10,13H,5-6H2,(H,16,17)(H,18,19)/b7-4+. The van der Waals surface area contributed by atoms with Gasteiger partial charge in [0.1, 0.15) is 6.04 Å². The molecule has 2 rings (SSSR count). The summed E-state index contributed by atoms with van der Waals surface area (Å²) >= 11 is 5.82. The zero-order valence-corrected chi connectivity index (χ0v) is 10.9. The number of aliphatic carboxylic acids is 1. The molecule has 19 heavy (non-hydrogen) atoms. The van der Waals surface area contributed by atoms with Gasteiger partial charge in [0.2, 0.25) is 5.91 Å². The largest absolute Gasteiger partial charge is 0.480 e. The Morgan fingerprint density at radius 3 is 2.74 bits per heavy atom. The highest BCUT2D eigenvalue weighted by Gasteiger charge is 2.36. The molecule has 0 aliphatic heterocycles. The number of halogens is 1. The first-order chi connectivity index (χ1) is 9.06. The molecule has 1 fully saturated rings. The van der Waals surface area contributed by atoms with Crippen LogP contribution >= 0.6 is 11.6 Å². The summed E-state index contributed by atoms with van der Waals surface area (Å²) in [6.07, 6.45) is 4.64. The lowest BCUT2D eigenvalue weighted by Gasteiger charge is -2.11. The van der Waals surface area contributed by atoms with Crippen molar-refractivity contribution >= 4 is 29.6 Å². The Morgan fingerprint density at radius 2 is 2.16 bits per heavy atom. The number of benzene rings is 1. The van der Waals surface area contributed by atoms with Crippen LogP contribution in [0.3, 0.4) is 0 Å². The smallest absolute Gasteiger partial charge is 0.326 e. The molecule has 5 heteroatoms. The molecule has 0 spiro atoms. The average Bonchev–Trinajstić information content (AvgIpc) is 3.17. The third kappa shape index (κ3) is 4.10. The van der Waals surface area contributed by atoms with E-state index in [0.29, 0.717) is 5.02 Å². The summed E-state index contributed by atoms with van der Waals surface area (Å²) in [4.78, 5) is 22.6. The van der Waals surface area contributed by atoms with Gasteiger partial charge in [-0.3, -0.25) is 4.79 Å². The minimum Gasteiger partial charge on any atom is -0.480 e. The summed E-state index contributed by atoms with van der Waals surface area (Å²) in [5, 5.41) is 12.1. The van der Waals surface area contributed by atoms with Gasteiger partial charge in [-0.1, -0.05) is 23.7 Å². The second-order valence-electron chi connectivity index (χ2n) is 4.55. The maximum Gasteiger partial charge on any atom is 0.326 e. The van der Waals surface area contributed by atoms with Crippen LogP contribution in [-0.2, 0) is 9.59 Å². The van der Waals surface area contributed by atoms with Crippen LogP contribution in [0.1, 0.15) is 18.4 Å². The minimum atomic E-state index is -0.980. The van der Waals surface area contributed by atoms with Gasteiger partial charge >= 0.3 is 5.97 Å². The van der Waals surface area contributed by atoms with Crippen molar-refractivity contribution in [1.82, 2.24) is 5.32 Å². The molecule has 0 radical (unpaired) electrons. The molecular formula is C14H14ClNO3. The second kappa shape index (κ2) is 5.89. The minimum absolute atomic E-state index is 0.0704. The molecular weight excluding hydrogens is 266 g/mol. The molecule has 2 N–H and O–H groups in total. The van der Waals surface area contributed by atoms with E-state index in [9.17, 15) is 9.59 Å². The fraction of sp³-hybridized carbons (Fsp3) is 0.286.